The van der Waals surface area contributed by atoms with E-state index in [0.29, 0.717) is 21.6 Å². The summed E-state index contributed by atoms with van der Waals surface area (Å²) in [5, 5.41) is 4.62. The first kappa shape index (κ1) is 13.5. The van der Waals surface area contributed by atoms with E-state index >= 15 is 0 Å². The van der Waals surface area contributed by atoms with Crippen molar-refractivity contribution in [2.75, 3.05) is 0 Å². The van der Waals surface area contributed by atoms with Crippen molar-refractivity contribution in [2.45, 2.75) is 0 Å². The van der Waals surface area contributed by atoms with Crippen LogP contribution in [0.3, 0.4) is 0 Å². The van der Waals surface area contributed by atoms with Crippen LogP contribution in [0.4, 0.5) is 4.79 Å². The molecule has 1 heterocycles. The maximum atomic E-state index is 10.4. The van der Waals surface area contributed by atoms with Crippen molar-refractivity contribution in [1.29, 1.82) is 0 Å². The lowest BCUT2D eigenvalue weighted by molar-refractivity contribution is 0.249. The zero-order chi connectivity index (χ0) is 13.8. The first-order chi connectivity index (χ1) is 9.04. The summed E-state index contributed by atoms with van der Waals surface area (Å²) in [4.78, 5) is 10.4. The largest absolute Gasteiger partial charge is 0.455 e. The molecular formula is C12H9Cl2N3O2. The molecule has 2 amide bonds. The molecule has 1 aromatic heterocycles. The number of carbonyl (C=O) groups excluding carboxylic acids is 1. The molecule has 0 bridgehead atoms. The van der Waals surface area contributed by atoms with E-state index in [1.165, 1.54) is 6.21 Å². The summed E-state index contributed by atoms with van der Waals surface area (Å²) in [6.07, 6.45) is 1.33. The second kappa shape index (κ2) is 5.77. The highest BCUT2D eigenvalue weighted by molar-refractivity contribution is 6.35. The summed E-state index contributed by atoms with van der Waals surface area (Å²) in [6.45, 7) is 0. The van der Waals surface area contributed by atoms with Gasteiger partial charge in [0.15, 0.2) is 0 Å². The fraction of sp³-hybridized carbons (Fsp3) is 0. The number of hydrogen-bond donors (Lipinski definition) is 2. The van der Waals surface area contributed by atoms with Crippen LogP contribution in [0.1, 0.15) is 5.76 Å². The van der Waals surface area contributed by atoms with Crippen molar-refractivity contribution in [3.05, 3.63) is 46.1 Å². The topological polar surface area (TPSA) is 80.6 Å². The number of carbonyl (C=O) groups is 1. The molecule has 98 valence electrons. The summed E-state index contributed by atoms with van der Waals surface area (Å²) in [5.74, 6) is 1.05. The van der Waals surface area contributed by atoms with E-state index < -0.39 is 6.03 Å². The Morgan fingerprint density at radius 2 is 1.95 bits per heavy atom. The van der Waals surface area contributed by atoms with E-state index in [9.17, 15) is 4.79 Å². The summed E-state index contributed by atoms with van der Waals surface area (Å²) in [7, 11) is 0. The summed E-state index contributed by atoms with van der Waals surface area (Å²) >= 11 is 11.8. The minimum Gasteiger partial charge on any atom is -0.455 e. The molecule has 2 aromatic rings. The highest BCUT2D eigenvalue weighted by atomic mass is 35.5. The van der Waals surface area contributed by atoms with Gasteiger partial charge in [0, 0.05) is 15.6 Å². The van der Waals surface area contributed by atoms with E-state index in [0.717, 1.165) is 5.56 Å². The Morgan fingerprint density at radius 1 is 1.26 bits per heavy atom. The Morgan fingerprint density at radius 3 is 2.58 bits per heavy atom. The van der Waals surface area contributed by atoms with Gasteiger partial charge in [-0.05, 0) is 30.3 Å². The summed E-state index contributed by atoms with van der Waals surface area (Å²) < 4.78 is 5.50. The zero-order valence-corrected chi connectivity index (χ0v) is 11.1. The Hall–Kier alpha value is -1.98. The molecule has 7 heteroatoms. The molecule has 0 saturated heterocycles. The summed E-state index contributed by atoms with van der Waals surface area (Å²) in [5.41, 5.74) is 7.68. The normalized spacial score (nSPS) is 10.8. The Kier molecular flexibility index (Phi) is 4.09. The number of nitrogens with zero attached hydrogens (tertiary/aromatic N) is 1. The molecule has 0 aliphatic rings. The van der Waals surface area contributed by atoms with Crippen LogP contribution in [0.2, 0.25) is 10.0 Å². The molecule has 2 rings (SSSR count). The van der Waals surface area contributed by atoms with Crippen LogP contribution in [0.5, 0.6) is 0 Å². The zero-order valence-electron chi connectivity index (χ0n) is 9.56. The third-order valence-electron chi connectivity index (χ3n) is 2.14. The highest BCUT2D eigenvalue weighted by Gasteiger charge is 2.06. The molecule has 3 N–H and O–H groups in total. The third kappa shape index (κ3) is 3.74. The Bertz CT molecular complexity index is 617. The third-order valence-corrected chi connectivity index (χ3v) is 2.58. The number of hydrazone groups is 1. The van der Waals surface area contributed by atoms with E-state index in [1.54, 1.807) is 30.3 Å². The van der Waals surface area contributed by atoms with Crippen molar-refractivity contribution in [3.8, 4) is 11.3 Å². The van der Waals surface area contributed by atoms with Crippen LogP contribution < -0.4 is 11.2 Å². The van der Waals surface area contributed by atoms with E-state index in [4.69, 9.17) is 33.4 Å². The number of amides is 2. The second-order valence-corrected chi connectivity index (χ2v) is 4.47. The number of hydrogen-bond acceptors (Lipinski definition) is 3. The number of halogens is 2. The van der Waals surface area contributed by atoms with Crippen molar-refractivity contribution >= 4 is 35.4 Å². The quantitative estimate of drug-likeness (QED) is 0.673. The smallest absolute Gasteiger partial charge is 0.332 e. The first-order valence-electron chi connectivity index (χ1n) is 5.19. The molecule has 0 saturated carbocycles. The van der Waals surface area contributed by atoms with Crippen LogP contribution >= 0.6 is 23.2 Å². The molecule has 0 aliphatic heterocycles. The maximum Gasteiger partial charge on any atom is 0.332 e. The van der Waals surface area contributed by atoms with Gasteiger partial charge >= 0.3 is 6.03 Å². The molecule has 1 aromatic carbocycles. The number of nitrogens with two attached hydrogens (primary N) is 1. The minimum absolute atomic E-state index is 0.458. The molecule has 0 radical (unpaired) electrons. The van der Waals surface area contributed by atoms with Gasteiger partial charge in [-0.25, -0.2) is 10.2 Å². The number of urea groups is 1. The van der Waals surface area contributed by atoms with Crippen LogP contribution in [0.15, 0.2) is 39.9 Å². The van der Waals surface area contributed by atoms with Crippen molar-refractivity contribution in [1.82, 2.24) is 5.43 Å². The van der Waals surface area contributed by atoms with Crippen LogP contribution in [0.25, 0.3) is 11.3 Å². The fourth-order valence-electron chi connectivity index (χ4n) is 1.43. The van der Waals surface area contributed by atoms with E-state index in [1.807, 2.05) is 0 Å². The van der Waals surface area contributed by atoms with Crippen molar-refractivity contribution < 1.29 is 9.21 Å². The fourth-order valence-corrected chi connectivity index (χ4v) is 1.96. The maximum absolute atomic E-state index is 10.4. The Labute approximate surface area is 119 Å². The van der Waals surface area contributed by atoms with Gasteiger partial charge in [-0.15, -0.1) is 0 Å². The molecule has 0 spiro atoms. The van der Waals surface area contributed by atoms with Gasteiger partial charge in [0.1, 0.15) is 11.5 Å². The lowest BCUT2D eigenvalue weighted by Gasteiger charge is -1.99. The van der Waals surface area contributed by atoms with Gasteiger partial charge in [0.25, 0.3) is 0 Å². The number of rotatable bonds is 3. The molecule has 0 aliphatic carbocycles. The number of benzene rings is 1. The van der Waals surface area contributed by atoms with Crippen LogP contribution in [0, 0.1) is 0 Å². The lowest BCUT2D eigenvalue weighted by Crippen LogP contribution is -2.24. The number of primary amides is 1. The monoisotopic (exact) mass is 297 g/mol. The SMILES string of the molecule is NC(=O)N/N=C\c1ccc(-c2cc(Cl)cc(Cl)c2)o1. The predicted octanol–water partition coefficient (Wildman–Crippen LogP) is 3.26. The van der Waals surface area contributed by atoms with Crippen molar-refractivity contribution in [2.24, 2.45) is 10.8 Å². The van der Waals surface area contributed by atoms with Gasteiger partial charge in [-0.1, -0.05) is 23.2 Å². The average molecular weight is 298 g/mol. The van der Waals surface area contributed by atoms with Gasteiger partial charge in [0.05, 0.1) is 6.21 Å². The van der Waals surface area contributed by atoms with E-state index in [-0.39, 0.29) is 0 Å². The number of furan rings is 1. The molecule has 0 fully saturated rings. The standard InChI is InChI=1S/C12H9Cl2N3O2/c13-8-3-7(4-9(14)5-8)11-2-1-10(19-11)6-16-17-12(15)18/h1-6H,(H3,15,17,18)/b16-6-. The van der Waals surface area contributed by atoms with Gasteiger partial charge in [0.2, 0.25) is 0 Å². The number of nitrogens with one attached hydrogen (secondary N) is 1. The lowest BCUT2D eigenvalue weighted by atomic mass is 10.2. The average Bonchev–Trinajstić information content (AvgIpc) is 2.76. The molecule has 19 heavy (non-hydrogen) atoms. The molecule has 0 unspecified atom stereocenters. The highest BCUT2D eigenvalue weighted by Crippen LogP contribution is 2.28. The van der Waals surface area contributed by atoms with Gasteiger partial charge in [-0.2, -0.15) is 5.10 Å². The second-order valence-electron chi connectivity index (χ2n) is 3.59. The molecular weight excluding hydrogens is 289 g/mol. The van der Waals surface area contributed by atoms with Gasteiger partial charge < -0.3 is 10.2 Å². The van der Waals surface area contributed by atoms with E-state index in [2.05, 4.69) is 10.5 Å². The van der Waals surface area contributed by atoms with Crippen LogP contribution in [-0.4, -0.2) is 12.2 Å². The van der Waals surface area contributed by atoms with Gasteiger partial charge in [-0.3, -0.25) is 0 Å². The first-order valence-corrected chi connectivity index (χ1v) is 5.95. The van der Waals surface area contributed by atoms with Crippen LogP contribution in [-0.2, 0) is 0 Å². The predicted molar refractivity (Wildman–Crippen MR) is 74.5 cm³/mol. The minimum atomic E-state index is -0.746. The van der Waals surface area contributed by atoms with Crippen molar-refractivity contribution in [3.63, 3.8) is 0 Å². The molecule has 0 atom stereocenters. The molecule has 5 nitrogen and oxygen atoms in total. The Balaban J connectivity index is 2.20. The summed E-state index contributed by atoms with van der Waals surface area (Å²) in [6, 6.07) is 7.78.